The maximum atomic E-state index is 9.26. The molecule has 1 fully saturated rings. The smallest absolute Gasteiger partial charge is 0.0611 e. The highest BCUT2D eigenvalue weighted by atomic mass is 16.3. The summed E-state index contributed by atoms with van der Waals surface area (Å²) in [5, 5.41) is 9.26. The number of nitrogens with two attached hydrogens (primary N) is 1. The van der Waals surface area contributed by atoms with E-state index in [9.17, 15) is 5.11 Å². The lowest BCUT2D eigenvalue weighted by Gasteiger charge is -2.36. The zero-order valence-corrected chi connectivity index (χ0v) is 11.8. The van der Waals surface area contributed by atoms with E-state index < -0.39 is 0 Å². The Labute approximate surface area is 106 Å². The first-order valence-corrected chi connectivity index (χ1v) is 7.13. The van der Waals surface area contributed by atoms with Gasteiger partial charge in [0.05, 0.1) is 6.61 Å². The van der Waals surface area contributed by atoms with Gasteiger partial charge in [-0.1, -0.05) is 20.8 Å². The summed E-state index contributed by atoms with van der Waals surface area (Å²) in [7, 11) is 0. The van der Waals surface area contributed by atoms with Crippen molar-refractivity contribution in [1.29, 1.82) is 0 Å². The molecule has 3 unspecified atom stereocenters. The Balaban J connectivity index is 2.23. The van der Waals surface area contributed by atoms with Crippen LogP contribution in [0.5, 0.6) is 0 Å². The van der Waals surface area contributed by atoms with Crippen LogP contribution in [0.15, 0.2) is 0 Å². The van der Waals surface area contributed by atoms with Crippen molar-refractivity contribution < 1.29 is 5.11 Å². The van der Waals surface area contributed by atoms with Gasteiger partial charge in [0.1, 0.15) is 0 Å². The van der Waals surface area contributed by atoms with E-state index in [0.29, 0.717) is 0 Å². The second-order valence-corrected chi connectivity index (χ2v) is 6.02. The quantitative estimate of drug-likeness (QED) is 0.747. The van der Waals surface area contributed by atoms with Gasteiger partial charge < -0.3 is 15.7 Å². The fourth-order valence-corrected chi connectivity index (χ4v) is 2.57. The van der Waals surface area contributed by atoms with Crippen molar-refractivity contribution in [2.45, 2.75) is 52.0 Å². The fraction of sp³-hybridized carbons (Fsp3) is 1.00. The Morgan fingerprint density at radius 1 is 1.35 bits per heavy atom. The Kier molecular flexibility index (Phi) is 5.90. The van der Waals surface area contributed by atoms with Crippen LogP contribution in [0.25, 0.3) is 0 Å². The van der Waals surface area contributed by atoms with Crippen molar-refractivity contribution in [3.05, 3.63) is 0 Å². The molecule has 0 aliphatic carbocycles. The maximum Gasteiger partial charge on any atom is 0.0611 e. The highest BCUT2D eigenvalue weighted by Crippen LogP contribution is 2.23. The lowest BCUT2D eigenvalue weighted by atomic mass is 9.88. The number of aliphatic hydroxyl groups is 1. The summed E-state index contributed by atoms with van der Waals surface area (Å²) in [4.78, 5) is 2.55. The number of nitrogens with zero attached hydrogens (tertiary/aromatic N) is 1. The highest BCUT2D eigenvalue weighted by Gasteiger charge is 2.24. The average molecular weight is 242 g/mol. The molecule has 102 valence electrons. The van der Waals surface area contributed by atoms with Gasteiger partial charge in [0.25, 0.3) is 0 Å². The molecule has 0 bridgehead atoms. The minimum Gasteiger partial charge on any atom is -0.394 e. The first kappa shape index (κ1) is 14.9. The lowest BCUT2D eigenvalue weighted by molar-refractivity contribution is 0.126. The predicted octanol–water partition coefficient (Wildman–Crippen LogP) is 1.84. The van der Waals surface area contributed by atoms with Crippen LogP contribution in [0.4, 0.5) is 0 Å². The monoisotopic (exact) mass is 242 g/mol. The minimum atomic E-state index is -0.352. The summed E-state index contributed by atoms with van der Waals surface area (Å²) in [5.74, 6) is 1.68. The summed E-state index contributed by atoms with van der Waals surface area (Å²) in [5.41, 5.74) is 5.74. The summed E-state index contributed by atoms with van der Waals surface area (Å²) < 4.78 is 0. The number of hydrogen-bond acceptors (Lipinski definition) is 3. The Morgan fingerprint density at radius 2 is 2.06 bits per heavy atom. The van der Waals surface area contributed by atoms with Crippen molar-refractivity contribution in [3.8, 4) is 0 Å². The van der Waals surface area contributed by atoms with Crippen molar-refractivity contribution in [3.63, 3.8) is 0 Å². The van der Waals surface area contributed by atoms with Gasteiger partial charge in [0.15, 0.2) is 0 Å². The molecule has 3 N–H and O–H groups in total. The fourth-order valence-electron chi connectivity index (χ4n) is 2.57. The predicted molar refractivity (Wildman–Crippen MR) is 72.9 cm³/mol. The molecule has 3 nitrogen and oxygen atoms in total. The second kappa shape index (κ2) is 6.72. The van der Waals surface area contributed by atoms with E-state index in [2.05, 4.69) is 25.7 Å². The Morgan fingerprint density at radius 3 is 2.59 bits per heavy atom. The lowest BCUT2D eigenvalue weighted by Crippen LogP contribution is -2.44. The van der Waals surface area contributed by atoms with Crippen molar-refractivity contribution in [2.24, 2.45) is 17.6 Å². The SMILES string of the molecule is CCC(N)(CO)CCCN1CCC(C)C(C)C1. The van der Waals surface area contributed by atoms with Gasteiger partial charge in [-0.05, 0) is 50.6 Å². The van der Waals surface area contributed by atoms with E-state index in [-0.39, 0.29) is 12.1 Å². The zero-order valence-electron chi connectivity index (χ0n) is 11.8. The number of rotatable bonds is 6. The largest absolute Gasteiger partial charge is 0.394 e. The van der Waals surface area contributed by atoms with Crippen LogP contribution in [-0.2, 0) is 0 Å². The third kappa shape index (κ3) is 4.57. The van der Waals surface area contributed by atoms with Crippen molar-refractivity contribution in [1.82, 2.24) is 4.90 Å². The molecule has 1 saturated heterocycles. The third-order valence-electron chi connectivity index (χ3n) is 4.59. The van der Waals surface area contributed by atoms with Crippen LogP contribution in [0.1, 0.15) is 46.5 Å². The topological polar surface area (TPSA) is 49.5 Å². The summed E-state index contributed by atoms with van der Waals surface area (Å²) >= 11 is 0. The molecule has 0 saturated carbocycles. The molecular weight excluding hydrogens is 212 g/mol. The van der Waals surface area contributed by atoms with Gasteiger partial charge in [-0.25, -0.2) is 0 Å². The molecule has 0 spiro atoms. The molecule has 17 heavy (non-hydrogen) atoms. The van der Waals surface area contributed by atoms with Gasteiger partial charge in [0.2, 0.25) is 0 Å². The molecular formula is C14H30N2O. The minimum absolute atomic E-state index is 0.108. The Bertz CT molecular complexity index is 216. The molecule has 3 atom stereocenters. The molecule has 0 aromatic heterocycles. The molecule has 1 aliphatic heterocycles. The van der Waals surface area contributed by atoms with E-state index in [1.807, 2.05) is 0 Å². The molecule has 0 radical (unpaired) electrons. The number of aliphatic hydroxyl groups excluding tert-OH is 1. The molecule has 0 amide bonds. The standard InChI is InChI=1S/C14H30N2O/c1-4-14(15,11-17)7-5-8-16-9-6-12(2)13(3)10-16/h12-13,17H,4-11,15H2,1-3H3. The first-order valence-electron chi connectivity index (χ1n) is 7.13. The maximum absolute atomic E-state index is 9.26. The van der Waals surface area contributed by atoms with Gasteiger partial charge in [0, 0.05) is 12.1 Å². The van der Waals surface area contributed by atoms with E-state index in [4.69, 9.17) is 5.73 Å². The summed E-state index contributed by atoms with van der Waals surface area (Å²) in [6.45, 7) is 10.5. The van der Waals surface area contributed by atoms with Crippen molar-refractivity contribution >= 4 is 0 Å². The summed E-state index contributed by atoms with van der Waals surface area (Å²) in [6.07, 6.45) is 4.21. The van der Waals surface area contributed by atoms with Gasteiger partial charge in [-0.2, -0.15) is 0 Å². The van der Waals surface area contributed by atoms with Crippen LogP contribution < -0.4 is 5.73 Å². The van der Waals surface area contributed by atoms with Crippen LogP contribution >= 0.6 is 0 Å². The van der Waals surface area contributed by atoms with Gasteiger partial charge in [-0.3, -0.25) is 0 Å². The molecule has 0 aromatic carbocycles. The highest BCUT2D eigenvalue weighted by molar-refractivity contribution is 4.82. The van der Waals surface area contributed by atoms with Crippen LogP contribution in [0, 0.1) is 11.8 Å². The second-order valence-electron chi connectivity index (χ2n) is 6.02. The van der Waals surface area contributed by atoms with E-state index in [0.717, 1.165) is 37.6 Å². The molecule has 1 heterocycles. The first-order chi connectivity index (χ1) is 8.00. The van der Waals surface area contributed by atoms with Crippen LogP contribution in [-0.4, -0.2) is 41.8 Å². The normalized spacial score (nSPS) is 30.2. The molecule has 3 heteroatoms. The number of likely N-dealkylation sites (tertiary alicyclic amines) is 1. The Hall–Kier alpha value is -0.120. The van der Waals surface area contributed by atoms with Gasteiger partial charge in [-0.15, -0.1) is 0 Å². The summed E-state index contributed by atoms with van der Waals surface area (Å²) in [6, 6.07) is 0. The van der Waals surface area contributed by atoms with Crippen LogP contribution in [0.3, 0.4) is 0 Å². The van der Waals surface area contributed by atoms with E-state index >= 15 is 0 Å². The molecule has 0 aromatic rings. The van der Waals surface area contributed by atoms with Gasteiger partial charge >= 0.3 is 0 Å². The van der Waals surface area contributed by atoms with E-state index in [1.165, 1.54) is 19.5 Å². The van der Waals surface area contributed by atoms with Crippen molar-refractivity contribution in [2.75, 3.05) is 26.2 Å². The number of hydrogen-bond donors (Lipinski definition) is 2. The third-order valence-corrected chi connectivity index (χ3v) is 4.59. The molecule has 1 rings (SSSR count). The average Bonchev–Trinajstić information content (AvgIpc) is 2.33. The van der Waals surface area contributed by atoms with E-state index in [1.54, 1.807) is 0 Å². The zero-order chi connectivity index (χ0) is 12.9. The molecule has 1 aliphatic rings. The number of piperidine rings is 1. The van der Waals surface area contributed by atoms with Crippen LogP contribution in [0.2, 0.25) is 0 Å².